The summed E-state index contributed by atoms with van der Waals surface area (Å²) in [5.41, 5.74) is 17.2. The Morgan fingerprint density at radius 2 is 0.831 bits per heavy atom. The maximum absolute atomic E-state index is 5.38. The summed E-state index contributed by atoms with van der Waals surface area (Å²) in [5, 5.41) is 7.29. The van der Waals surface area contributed by atoms with Crippen LogP contribution in [0.25, 0.3) is 105 Å². The van der Waals surface area contributed by atoms with Gasteiger partial charge in [0.15, 0.2) is 0 Å². The number of nitrogens with zero attached hydrogens (tertiary/aromatic N) is 6. The van der Waals surface area contributed by atoms with Crippen molar-refractivity contribution in [2.45, 2.75) is 15.2 Å². The lowest BCUT2D eigenvalue weighted by atomic mass is 9.67. The van der Waals surface area contributed by atoms with Crippen molar-refractivity contribution in [3.8, 4) is 39.7 Å². The van der Waals surface area contributed by atoms with Crippen molar-refractivity contribution in [3.05, 3.63) is 253 Å². The standard InChI is InChI=1S/C64H38N6S/c1-7-21-53-43(14-1)44-15-2-8-22-54(44)68(53)41-29-32-61(66-37-41)70-57-25-11-5-18-47(57)48-34-39(27-30-58(48)70)40-28-31-60-51(35-40)64(49-19-6-12-26-59(49)71-60)50-20-13-33-65-62(50)63-52(64)36-42(38-67-63)69-55-23-9-3-16-45(55)46-17-4-10-24-56(46)69/h1-38H. The first-order valence-corrected chi connectivity index (χ1v) is 24.9. The van der Waals surface area contributed by atoms with Gasteiger partial charge in [-0.25, -0.2) is 4.98 Å². The number of hydrogen-bond donors (Lipinski definition) is 0. The number of benzene rings is 8. The molecule has 1 unspecified atom stereocenters. The van der Waals surface area contributed by atoms with Crippen molar-refractivity contribution in [2.24, 2.45) is 0 Å². The number of para-hydroxylation sites is 5. The minimum Gasteiger partial charge on any atom is -0.308 e. The fourth-order valence-electron chi connectivity index (χ4n) is 12.3. The van der Waals surface area contributed by atoms with Gasteiger partial charge in [-0.05, 0) is 113 Å². The molecule has 7 heteroatoms. The third-order valence-corrected chi connectivity index (χ3v) is 16.4. The van der Waals surface area contributed by atoms with E-state index in [1.165, 1.54) is 64.3 Å². The quantitative estimate of drug-likeness (QED) is 0.176. The first-order chi connectivity index (χ1) is 35.2. The second-order valence-electron chi connectivity index (χ2n) is 18.7. The van der Waals surface area contributed by atoms with Crippen molar-refractivity contribution < 1.29 is 0 Å². The van der Waals surface area contributed by atoms with Gasteiger partial charge in [0.2, 0.25) is 0 Å². The molecule has 330 valence electrons. The van der Waals surface area contributed by atoms with Crippen molar-refractivity contribution in [3.63, 3.8) is 0 Å². The molecule has 1 aliphatic carbocycles. The molecule has 0 N–H and O–H groups in total. The molecule has 7 heterocycles. The zero-order valence-corrected chi connectivity index (χ0v) is 38.8. The van der Waals surface area contributed by atoms with E-state index in [2.05, 4.69) is 226 Å². The Hall–Kier alpha value is -9.04. The van der Waals surface area contributed by atoms with Crippen molar-refractivity contribution >= 4 is 77.2 Å². The SMILES string of the molecule is c1ccc2c(c1)Sc1ccc(-c3ccc4c(c3)c3ccccc3n4-c3ccc(-n4c5ccccc5c5ccccc54)cn3)cc1C21c2cccnc2-c2ncc(-n3c4ccccc4c4ccccc43)cc21. The van der Waals surface area contributed by atoms with E-state index in [1.54, 1.807) is 0 Å². The minimum absolute atomic E-state index is 0.676. The zero-order chi connectivity index (χ0) is 46.4. The first-order valence-electron chi connectivity index (χ1n) is 24.1. The van der Waals surface area contributed by atoms with Gasteiger partial charge in [0.1, 0.15) is 5.82 Å². The zero-order valence-electron chi connectivity index (χ0n) is 38.0. The van der Waals surface area contributed by atoms with E-state index in [0.29, 0.717) is 0 Å². The minimum atomic E-state index is -0.676. The molecule has 1 atom stereocenters. The van der Waals surface area contributed by atoms with E-state index < -0.39 is 5.41 Å². The average Bonchev–Trinajstić information content (AvgIpc) is 4.15. The topological polar surface area (TPSA) is 53.5 Å². The molecule has 0 saturated carbocycles. The lowest BCUT2D eigenvalue weighted by Crippen LogP contribution is -2.32. The number of aromatic nitrogens is 6. The summed E-state index contributed by atoms with van der Waals surface area (Å²) >= 11 is 1.85. The van der Waals surface area contributed by atoms with Crippen LogP contribution in [0, 0.1) is 0 Å². The van der Waals surface area contributed by atoms with Crippen molar-refractivity contribution in [1.29, 1.82) is 0 Å². The summed E-state index contributed by atoms with van der Waals surface area (Å²) < 4.78 is 7.00. The smallest absolute Gasteiger partial charge is 0.137 e. The monoisotopic (exact) mass is 922 g/mol. The van der Waals surface area contributed by atoms with Crippen LogP contribution in [0.15, 0.2) is 241 Å². The molecule has 6 aromatic heterocycles. The molecule has 0 saturated heterocycles. The van der Waals surface area contributed by atoms with E-state index in [9.17, 15) is 0 Å². The largest absolute Gasteiger partial charge is 0.308 e. The maximum atomic E-state index is 5.38. The highest BCUT2D eigenvalue weighted by molar-refractivity contribution is 7.99. The molecular formula is C64H38N6S. The summed E-state index contributed by atoms with van der Waals surface area (Å²) in [6, 6.07) is 77.4. The molecule has 14 aromatic rings. The van der Waals surface area contributed by atoms with Crippen LogP contribution in [0.3, 0.4) is 0 Å². The Kier molecular flexibility index (Phi) is 7.94. The molecule has 0 bridgehead atoms. The summed E-state index contributed by atoms with van der Waals surface area (Å²) in [6.45, 7) is 0. The van der Waals surface area contributed by atoms with Gasteiger partial charge in [-0.15, -0.1) is 0 Å². The van der Waals surface area contributed by atoms with E-state index in [0.717, 1.165) is 72.9 Å². The van der Waals surface area contributed by atoms with Gasteiger partial charge in [0.05, 0.1) is 73.7 Å². The molecular weight excluding hydrogens is 885 g/mol. The Balaban J connectivity index is 0.872. The van der Waals surface area contributed by atoms with Gasteiger partial charge in [0.25, 0.3) is 0 Å². The maximum Gasteiger partial charge on any atom is 0.137 e. The van der Waals surface area contributed by atoms with Gasteiger partial charge in [0, 0.05) is 53.9 Å². The third-order valence-electron chi connectivity index (χ3n) is 15.3. The Labute approximate surface area is 411 Å². The van der Waals surface area contributed by atoms with Crippen LogP contribution in [0.1, 0.15) is 22.3 Å². The molecule has 1 aliphatic heterocycles. The van der Waals surface area contributed by atoms with Crippen LogP contribution in [0.2, 0.25) is 0 Å². The summed E-state index contributed by atoms with van der Waals surface area (Å²) in [6.07, 6.45) is 5.96. The van der Waals surface area contributed by atoms with Crippen molar-refractivity contribution in [1.82, 2.24) is 28.7 Å². The lowest BCUT2D eigenvalue weighted by Gasteiger charge is -2.39. The number of pyridine rings is 3. The predicted octanol–water partition coefficient (Wildman–Crippen LogP) is 15.7. The van der Waals surface area contributed by atoms with Crippen LogP contribution in [-0.4, -0.2) is 28.7 Å². The first kappa shape index (κ1) is 38.9. The fourth-order valence-corrected chi connectivity index (χ4v) is 13.5. The van der Waals surface area contributed by atoms with Crippen LogP contribution in [0.5, 0.6) is 0 Å². The van der Waals surface area contributed by atoms with Gasteiger partial charge < -0.3 is 9.13 Å². The fraction of sp³-hybridized carbons (Fsp3) is 0.0156. The van der Waals surface area contributed by atoms with Gasteiger partial charge in [-0.3, -0.25) is 14.5 Å². The molecule has 8 aromatic carbocycles. The summed E-state index contributed by atoms with van der Waals surface area (Å²) in [7, 11) is 0. The molecule has 0 fully saturated rings. The number of fused-ring (bicyclic) bond motifs is 18. The van der Waals surface area contributed by atoms with Gasteiger partial charge in [-0.2, -0.15) is 0 Å². The number of rotatable bonds is 4. The molecule has 1 spiro atoms. The molecule has 71 heavy (non-hydrogen) atoms. The van der Waals surface area contributed by atoms with E-state index in [1.807, 2.05) is 30.4 Å². The Morgan fingerprint density at radius 3 is 1.49 bits per heavy atom. The normalized spacial score (nSPS) is 14.8. The summed E-state index contributed by atoms with van der Waals surface area (Å²) in [4.78, 5) is 18.2. The highest BCUT2D eigenvalue weighted by atomic mass is 32.2. The lowest BCUT2D eigenvalue weighted by molar-refractivity contribution is 0.719. The third kappa shape index (κ3) is 5.25. The Bertz CT molecular complexity index is 4470. The van der Waals surface area contributed by atoms with Crippen molar-refractivity contribution in [2.75, 3.05) is 0 Å². The molecule has 16 rings (SSSR count). The Morgan fingerprint density at radius 1 is 0.324 bits per heavy atom. The molecule has 0 radical (unpaired) electrons. The summed E-state index contributed by atoms with van der Waals surface area (Å²) in [5.74, 6) is 0.876. The average molecular weight is 923 g/mol. The highest BCUT2D eigenvalue weighted by Gasteiger charge is 2.52. The van der Waals surface area contributed by atoms with E-state index in [4.69, 9.17) is 15.0 Å². The van der Waals surface area contributed by atoms with Crippen LogP contribution in [0.4, 0.5) is 0 Å². The van der Waals surface area contributed by atoms with Crippen LogP contribution < -0.4 is 0 Å². The highest BCUT2D eigenvalue weighted by Crippen LogP contribution is 2.62. The van der Waals surface area contributed by atoms with Gasteiger partial charge in [-0.1, -0.05) is 139 Å². The molecule has 6 nitrogen and oxygen atoms in total. The number of hydrogen-bond acceptors (Lipinski definition) is 4. The van der Waals surface area contributed by atoms with Crippen LogP contribution >= 0.6 is 11.8 Å². The second-order valence-corrected chi connectivity index (χ2v) is 19.8. The van der Waals surface area contributed by atoms with E-state index in [-0.39, 0.29) is 0 Å². The van der Waals surface area contributed by atoms with Crippen LogP contribution in [-0.2, 0) is 5.41 Å². The molecule has 2 aliphatic rings. The predicted molar refractivity (Wildman–Crippen MR) is 290 cm³/mol. The van der Waals surface area contributed by atoms with Gasteiger partial charge >= 0.3 is 0 Å². The van der Waals surface area contributed by atoms with E-state index >= 15 is 0 Å². The molecule has 0 amide bonds. The second kappa shape index (κ2) is 14.5.